The van der Waals surface area contributed by atoms with E-state index in [4.69, 9.17) is 4.98 Å². The minimum Gasteiger partial charge on any atom is -0.507 e. The Hall–Kier alpha value is -3.22. The fourth-order valence-corrected chi connectivity index (χ4v) is 4.26. The molecule has 4 rings (SSSR count). The molecule has 2 heterocycles. The number of nitrogens with zero attached hydrogens (tertiary/aromatic N) is 4. The van der Waals surface area contributed by atoms with Gasteiger partial charge in [-0.2, -0.15) is 0 Å². The average molecular weight is 451 g/mol. The zero-order valence-electron chi connectivity index (χ0n) is 19.5. The van der Waals surface area contributed by atoms with Gasteiger partial charge < -0.3 is 14.9 Å². The number of aromatic nitrogens is 2. The molecular formula is C26H31FN4O2. The van der Waals surface area contributed by atoms with Gasteiger partial charge in [-0.1, -0.05) is 26.3 Å². The molecule has 1 aliphatic heterocycles. The summed E-state index contributed by atoms with van der Waals surface area (Å²) in [6.07, 6.45) is 2.58. The van der Waals surface area contributed by atoms with E-state index >= 15 is 0 Å². The van der Waals surface area contributed by atoms with Crippen LogP contribution in [0.5, 0.6) is 5.75 Å². The van der Waals surface area contributed by atoms with Gasteiger partial charge >= 0.3 is 0 Å². The third kappa shape index (κ3) is 5.24. The first-order valence-electron chi connectivity index (χ1n) is 11.6. The van der Waals surface area contributed by atoms with Gasteiger partial charge in [-0.3, -0.25) is 4.79 Å². The number of rotatable bonds is 6. The standard InChI is InChI=1S/C26H31FN4O2/c1-17(2)5-4-6-24(33)30-11-13-31(14-12-30)26-20-9-7-18(3)15-22(20)28-25(29-26)21-16-19(27)8-10-23(21)32/h7-10,15-17,32H,4-6,11-14H2,1-3H3. The number of piperazine rings is 1. The van der Waals surface area contributed by atoms with Crippen molar-refractivity contribution in [3.8, 4) is 17.1 Å². The lowest BCUT2D eigenvalue weighted by molar-refractivity contribution is -0.131. The zero-order chi connectivity index (χ0) is 23.5. The molecule has 0 spiro atoms. The first kappa shape index (κ1) is 23.0. The van der Waals surface area contributed by atoms with Crippen molar-refractivity contribution >= 4 is 22.6 Å². The summed E-state index contributed by atoms with van der Waals surface area (Å²) in [6.45, 7) is 8.93. The van der Waals surface area contributed by atoms with E-state index in [2.05, 4.69) is 23.7 Å². The predicted octanol–water partition coefficient (Wildman–Crippen LogP) is 4.92. The van der Waals surface area contributed by atoms with Crippen LogP contribution >= 0.6 is 0 Å². The molecule has 174 valence electrons. The minimum atomic E-state index is -0.457. The number of phenols is 1. The average Bonchev–Trinajstić information content (AvgIpc) is 2.79. The summed E-state index contributed by atoms with van der Waals surface area (Å²) in [5.74, 6) is 1.32. The number of carbonyl (C=O) groups excluding carboxylic acids is 1. The number of carbonyl (C=O) groups is 1. The maximum Gasteiger partial charge on any atom is 0.222 e. The van der Waals surface area contributed by atoms with E-state index in [0.717, 1.165) is 35.1 Å². The highest BCUT2D eigenvalue weighted by atomic mass is 19.1. The molecule has 1 aliphatic rings. The maximum atomic E-state index is 13.9. The van der Waals surface area contributed by atoms with Crippen molar-refractivity contribution in [2.24, 2.45) is 5.92 Å². The van der Waals surface area contributed by atoms with E-state index in [1.807, 2.05) is 30.0 Å². The maximum absolute atomic E-state index is 13.9. The Kier molecular flexibility index (Phi) is 6.77. The zero-order valence-corrected chi connectivity index (χ0v) is 19.5. The number of anilines is 1. The normalized spacial score (nSPS) is 14.3. The fourth-order valence-electron chi connectivity index (χ4n) is 4.26. The third-order valence-corrected chi connectivity index (χ3v) is 6.14. The predicted molar refractivity (Wildman–Crippen MR) is 129 cm³/mol. The Morgan fingerprint density at radius 1 is 1.09 bits per heavy atom. The molecule has 0 radical (unpaired) electrons. The van der Waals surface area contributed by atoms with Gasteiger partial charge in [-0.15, -0.1) is 0 Å². The highest BCUT2D eigenvalue weighted by Gasteiger charge is 2.24. The molecule has 1 saturated heterocycles. The summed E-state index contributed by atoms with van der Waals surface area (Å²) in [6, 6.07) is 9.76. The van der Waals surface area contributed by atoms with Crippen LogP contribution in [0.4, 0.5) is 10.2 Å². The number of aryl methyl sites for hydroxylation is 1. The van der Waals surface area contributed by atoms with Crippen LogP contribution in [0.25, 0.3) is 22.3 Å². The molecule has 0 atom stereocenters. The van der Waals surface area contributed by atoms with E-state index in [1.54, 1.807) is 0 Å². The molecule has 1 amide bonds. The molecule has 0 unspecified atom stereocenters. The van der Waals surface area contributed by atoms with E-state index < -0.39 is 5.82 Å². The van der Waals surface area contributed by atoms with Crippen molar-refractivity contribution < 1.29 is 14.3 Å². The fraction of sp³-hybridized carbons (Fsp3) is 0.423. The van der Waals surface area contributed by atoms with Crippen LogP contribution in [0.2, 0.25) is 0 Å². The Bertz CT molecular complexity index is 1160. The number of benzene rings is 2. The van der Waals surface area contributed by atoms with Crippen molar-refractivity contribution in [3.05, 3.63) is 47.8 Å². The first-order valence-corrected chi connectivity index (χ1v) is 11.6. The van der Waals surface area contributed by atoms with Gasteiger partial charge in [0.05, 0.1) is 11.1 Å². The summed E-state index contributed by atoms with van der Waals surface area (Å²) in [5.41, 5.74) is 2.06. The number of hydrogen-bond donors (Lipinski definition) is 1. The van der Waals surface area contributed by atoms with Crippen LogP contribution in [0.15, 0.2) is 36.4 Å². The highest BCUT2D eigenvalue weighted by Crippen LogP contribution is 2.33. The Morgan fingerprint density at radius 3 is 2.58 bits per heavy atom. The van der Waals surface area contributed by atoms with Gasteiger partial charge in [0.2, 0.25) is 5.91 Å². The monoisotopic (exact) mass is 450 g/mol. The lowest BCUT2D eigenvalue weighted by atomic mass is 10.1. The lowest BCUT2D eigenvalue weighted by Gasteiger charge is -2.36. The molecule has 7 heteroatoms. The quantitative estimate of drug-likeness (QED) is 0.577. The van der Waals surface area contributed by atoms with Crippen LogP contribution in [-0.4, -0.2) is 52.1 Å². The molecule has 0 saturated carbocycles. The largest absolute Gasteiger partial charge is 0.507 e. The molecule has 1 N–H and O–H groups in total. The Labute approximate surface area is 194 Å². The van der Waals surface area contributed by atoms with Crippen molar-refractivity contribution in [2.75, 3.05) is 31.1 Å². The number of fused-ring (bicyclic) bond motifs is 1. The summed E-state index contributed by atoms with van der Waals surface area (Å²) in [5, 5.41) is 11.2. The molecule has 1 fully saturated rings. The number of aromatic hydroxyl groups is 1. The van der Waals surface area contributed by atoms with Crippen LogP contribution in [0.3, 0.4) is 0 Å². The summed E-state index contributed by atoms with van der Waals surface area (Å²) < 4.78 is 13.9. The molecule has 2 aromatic carbocycles. The van der Waals surface area contributed by atoms with E-state index in [1.165, 1.54) is 18.2 Å². The minimum absolute atomic E-state index is 0.0637. The van der Waals surface area contributed by atoms with Gasteiger partial charge in [-0.05, 0) is 55.2 Å². The molecule has 3 aromatic rings. The highest BCUT2D eigenvalue weighted by molar-refractivity contribution is 5.92. The molecule has 6 nitrogen and oxygen atoms in total. The van der Waals surface area contributed by atoms with E-state index in [-0.39, 0.29) is 23.0 Å². The smallest absolute Gasteiger partial charge is 0.222 e. The number of phenolic OH excluding ortho intramolecular Hbond substituents is 1. The molecule has 1 aromatic heterocycles. The van der Waals surface area contributed by atoms with Gasteiger partial charge in [0, 0.05) is 38.0 Å². The van der Waals surface area contributed by atoms with E-state index in [0.29, 0.717) is 38.5 Å². The molecular weight excluding hydrogens is 419 g/mol. The first-order chi connectivity index (χ1) is 15.8. The Morgan fingerprint density at radius 2 is 1.85 bits per heavy atom. The molecule has 0 bridgehead atoms. The number of hydrogen-bond acceptors (Lipinski definition) is 5. The van der Waals surface area contributed by atoms with Crippen LogP contribution in [0.1, 0.15) is 38.7 Å². The number of halogens is 1. The van der Waals surface area contributed by atoms with Crippen LogP contribution in [0, 0.1) is 18.7 Å². The van der Waals surface area contributed by atoms with Gasteiger partial charge in [-0.25, -0.2) is 14.4 Å². The molecule has 0 aliphatic carbocycles. The van der Waals surface area contributed by atoms with Gasteiger partial charge in [0.25, 0.3) is 0 Å². The van der Waals surface area contributed by atoms with Crippen molar-refractivity contribution in [1.29, 1.82) is 0 Å². The lowest BCUT2D eigenvalue weighted by Crippen LogP contribution is -2.49. The second-order valence-corrected chi connectivity index (χ2v) is 9.21. The van der Waals surface area contributed by atoms with Crippen LogP contribution in [-0.2, 0) is 4.79 Å². The molecule has 33 heavy (non-hydrogen) atoms. The van der Waals surface area contributed by atoms with E-state index in [9.17, 15) is 14.3 Å². The van der Waals surface area contributed by atoms with Crippen molar-refractivity contribution in [3.63, 3.8) is 0 Å². The SMILES string of the molecule is Cc1ccc2c(N3CCN(C(=O)CCCC(C)C)CC3)nc(-c3cc(F)ccc3O)nc2c1. The third-order valence-electron chi connectivity index (χ3n) is 6.14. The van der Waals surface area contributed by atoms with Crippen LogP contribution < -0.4 is 4.90 Å². The summed E-state index contributed by atoms with van der Waals surface area (Å²) >= 11 is 0. The topological polar surface area (TPSA) is 69.6 Å². The van der Waals surface area contributed by atoms with Crippen molar-refractivity contribution in [2.45, 2.75) is 40.0 Å². The second kappa shape index (κ2) is 9.73. The number of amides is 1. The van der Waals surface area contributed by atoms with Gasteiger partial charge in [0.15, 0.2) is 5.82 Å². The summed E-state index contributed by atoms with van der Waals surface area (Å²) in [4.78, 5) is 26.1. The Balaban J connectivity index is 1.60. The second-order valence-electron chi connectivity index (χ2n) is 9.21. The summed E-state index contributed by atoms with van der Waals surface area (Å²) in [7, 11) is 0. The van der Waals surface area contributed by atoms with Crippen molar-refractivity contribution in [1.82, 2.24) is 14.9 Å². The van der Waals surface area contributed by atoms with Gasteiger partial charge in [0.1, 0.15) is 17.4 Å².